The Bertz CT molecular complexity index is 776. The maximum atomic E-state index is 12.6. The molecular weight excluding hydrogens is 302 g/mol. The van der Waals surface area contributed by atoms with Crippen LogP contribution >= 0.6 is 0 Å². The summed E-state index contributed by atoms with van der Waals surface area (Å²) in [6.07, 6.45) is 0. The molecule has 2 aromatic rings. The Morgan fingerprint density at radius 3 is 1.75 bits per heavy atom. The lowest BCUT2D eigenvalue weighted by Gasteiger charge is -2.17. The summed E-state index contributed by atoms with van der Waals surface area (Å²) in [7, 11) is 0. The molecule has 0 spiro atoms. The predicted molar refractivity (Wildman–Crippen MR) is 94.2 cm³/mol. The molecule has 2 rings (SSSR count). The van der Waals surface area contributed by atoms with Gasteiger partial charge < -0.3 is 10.5 Å². The number of ether oxygens (including phenoxy) is 1. The van der Waals surface area contributed by atoms with Crippen molar-refractivity contribution in [3.05, 3.63) is 68.8 Å². The molecule has 0 radical (unpaired) electrons. The number of hydrogen-bond donors (Lipinski definition) is 1. The second kappa shape index (κ2) is 6.87. The lowest BCUT2D eigenvalue weighted by Crippen LogP contribution is -2.13. The summed E-state index contributed by atoms with van der Waals surface area (Å²) in [6.45, 7) is 10.2. The van der Waals surface area contributed by atoms with Crippen LogP contribution in [0.1, 0.15) is 54.1 Å². The molecule has 0 heterocycles. The fourth-order valence-electron chi connectivity index (χ4n) is 2.79. The van der Waals surface area contributed by atoms with Crippen molar-refractivity contribution >= 4 is 11.9 Å². The van der Waals surface area contributed by atoms with E-state index in [1.807, 2.05) is 27.7 Å². The summed E-state index contributed by atoms with van der Waals surface area (Å²) in [6, 6.07) is 6.72. The van der Waals surface area contributed by atoms with Crippen molar-refractivity contribution in [2.24, 2.45) is 5.73 Å². The van der Waals surface area contributed by atoms with Gasteiger partial charge in [-0.05, 0) is 80.1 Å². The van der Waals surface area contributed by atoms with Crippen molar-refractivity contribution in [2.75, 3.05) is 0 Å². The number of benzene rings is 2. The van der Waals surface area contributed by atoms with Gasteiger partial charge in [-0.2, -0.15) is 0 Å². The molecule has 2 N–H and O–H groups in total. The van der Waals surface area contributed by atoms with Gasteiger partial charge in [0, 0.05) is 5.56 Å². The van der Waals surface area contributed by atoms with Crippen LogP contribution in [0.3, 0.4) is 0 Å². The Kier molecular flexibility index (Phi) is 5.07. The molecule has 24 heavy (non-hydrogen) atoms. The Labute approximate surface area is 142 Å². The Balaban J connectivity index is 2.20. The van der Waals surface area contributed by atoms with Gasteiger partial charge in [-0.1, -0.05) is 12.1 Å². The van der Waals surface area contributed by atoms with E-state index in [1.165, 1.54) is 5.56 Å². The summed E-state index contributed by atoms with van der Waals surface area (Å²) < 4.78 is 5.47. The van der Waals surface area contributed by atoms with Gasteiger partial charge in [0.25, 0.3) is 0 Å². The summed E-state index contributed by atoms with van der Waals surface area (Å²) in [5.74, 6) is -0.800. The first kappa shape index (κ1) is 17.7. The molecule has 0 unspecified atom stereocenters. The van der Waals surface area contributed by atoms with Crippen molar-refractivity contribution in [1.82, 2.24) is 0 Å². The van der Waals surface area contributed by atoms with Gasteiger partial charge in [-0.15, -0.1) is 0 Å². The first-order valence-electron chi connectivity index (χ1n) is 7.86. The molecule has 4 heteroatoms. The molecule has 2 aromatic carbocycles. The summed E-state index contributed by atoms with van der Waals surface area (Å²) in [5.41, 5.74) is 12.5. The highest BCUT2D eigenvalue weighted by atomic mass is 16.5. The van der Waals surface area contributed by atoms with Gasteiger partial charge in [0.1, 0.15) is 6.61 Å². The van der Waals surface area contributed by atoms with Gasteiger partial charge in [0.15, 0.2) is 0 Å². The first-order chi connectivity index (χ1) is 11.2. The van der Waals surface area contributed by atoms with Gasteiger partial charge in [-0.25, -0.2) is 4.79 Å². The number of esters is 1. The zero-order valence-corrected chi connectivity index (χ0v) is 14.8. The third kappa shape index (κ3) is 3.32. The number of primary amides is 1. The van der Waals surface area contributed by atoms with Gasteiger partial charge in [0.05, 0.1) is 5.56 Å². The average Bonchev–Trinajstić information content (AvgIpc) is 2.57. The Morgan fingerprint density at radius 1 is 0.833 bits per heavy atom. The van der Waals surface area contributed by atoms with E-state index in [0.717, 1.165) is 27.8 Å². The van der Waals surface area contributed by atoms with E-state index in [2.05, 4.69) is 6.92 Å². The van der Waals surface area contributed by atoms with Crippen molar-refractivity contribution in [2.45, 2.75) is 41.2 Å². The van der Waals surface area contributed by atoms with Crippen LogP contribution in [0.4, 0.5) is 0 Å². The van der Waals surface area contributed by atoms with Crippen molar-refractivity contribution in [3.8, 4) is 0 Å². The minimum atomic E-state index is -0.476. The monoisotopic (exact) mass is 325 g/mol. The smallest absolute Gasteiger partial charge is 0.339 e. The second-order valence-corrected chi connectivity index (χ2v) is 6.14. The van der Waals surface area contributed by atoms with Crippen LogP contribution < -0.4 is 5.73 Å². The highest BCUT2D eigenvalue weighted by molar-refractivity contribution is 5.94. The first-order valence-corrected chi connectivity index (χ1v) is 7.86. The molecule has 0 aromatic heterocycles. The lowest BCUT2D eigenvalue weighted by atomic mass is 9.90. The van der Waals surface area contributed by atoms with Crippen LogP contribution in [0, 0.1) is 34.6 Å². The van der Waals surface area contributed by atoms with E-state index in [0.29, 0.717) is 11.1 Å². The fraction of sp³-hybridized carbons (Fsp3) is 0.300. The molecule has 0 fully saturated rings. The molecule has 0 saturated carbocycles. The third-order valence-corrected chi connectivity index (χ3v) is 4.81. The lowest BCUT2D eigenvalue weighted by molar-refractivity contribution is 0.0470. The van der Waals surface area contributed by atoms with Crippen LogP contribution in [-0.4, -0.2) is 11.9 Å². The van der Waals surface area contributed by atoms with Crippen LogP contribution in [0.2, 0.25) is 0 Å². The van der Waals surface area contributed by atoms with E-state index in [4.69, 9.17) is 10.5 Å². The summed E-state index contributed by atoms with van der Waals surface area (Å²) in [5, 5.41) is 0. The van der Waals surface area contributed by atoms with Gasteiger partial charge in [-0.3, -0.25) is 4.79 Å². The number of amides is 1. The van der Waals surface area contributed by atoms with Gasteiger partial charge in [0.2, 0.25) is 5.91 Å². The summed E-state index contributed by atoms with van der Waals surface area (Å²) >= 11 is 0. The van der Waals surface area contributed by atoms with E-state index >= 15 is 0 Å². The van der Waals surface area contributed by atoms with E-state index in [1.54, 1.807) is 24.3 Å². The molecule has 4 nitrogen and oxygen atoms in total. The van der Waals surface area contributed by atoms with E-state index in [-0.39, 0.29) is 12.6 Å². The third-order valence-electron chi connectivity index (χ3n) is 4.81. The maximum Gasteiger partial charge on any atom is 0.339 e. The SMILES string of the molecule is Cc1c(C)c(C)c(C(=O)OCc2ccc(C(N)=O)cc2)c(C)c1C. The number of rotatable bonds is 4. The van der Waals surface area contributed by atoms with Crippen LogP contribution in [0.15, 0.2) is 24.3 Å². The van der Waals surface area contributed by atoms with Crippen molar-refractivity contribution in [1.29, 1.82) is 0 Å². The number of hydrogen-bond acceptors (Lipinski definition) is 3. The molecule has 0 aliphatic heterocycles. The Morgan fingerprint density at radius 2 is 1.29 bits per heavy atom. The molecule has 0 aliphatic carbocycles. The number of carbonyl (C=O) groups excluding carboxylic acids is 2. The Hall–Kier alpha value is -2.62. The second-order valence-electron chi connectivity index (χ2n) is 6.14. The average molecular weight is 325 g/mol. The molecular formula is C20H23NO3. The number of nitrogens with two attached hydrogens (primary N) is 1. The quantitative estimate of drug-likeness (QED) is 0.872. The molecule has 0 bridgehead atoms. The van der Waals surface area contributed by atoms with Crippen LogP contribution in [-0.2, 0) is 11.3 Å². The maximum absolute atomic E-state index is 12.6. The zero-order valence-electron chi connectivity index (χ0n) is 14.8. The van der Waals surface area contributed by atoms with E-state index in [9.17, 15) is 9.59 Å². The minimum absolute atomic E-state index is 0.155. The van der Waals surface area contributed by atoms with Crippen LogP contribution in [0.5, 0.6) is 0 Å². The molecule has 0 saturated heterocycles. The predicted octanol–water partition coefficient (Wildman–Crippen LogP) is 3.68. The van der Waals surface area contributed by atoms with E-state index < -0.39 is 5.91 Å². The topological polar surface area (TPSA) is 69.4 Å². The minimum Gasteiger partial charge on any atom is -0.457 e. The summed E-state index contributed by atoms with van der Waals surface area (Å²) in [4.78, 5) is 23.6. The van der Waals surface area contributed by atoms with Crippen LogP contribution in [0.25, 0.3) is 0 Å². The number of carbonyl (C=O) groups is 2. The standard InChI is InChI=1S/C20H23NO3/c1-11-12(2)14(4)18(15(5)13(11)3)20(23)24-10-16-6-8-17(9-7-16)19(21)22/h6-9H,10H2,1-5H3,(H2,21,22). The largest absolute Gasteiger partial charge is 0.457 e. The molecule has 1 amide bonds. The van der Waals surface area contributed by atoms with Crippen molar-refractivity contribution < 1.29 is 14.3 Å². The molecule has 0 atom stereocenters. The fourth-order valence-corrected chi connectivity index (χ4v) is 2.79. The highest BCUT2D eigenvalue weighted by Gasteiger charge is 2.19. The molecule has 0 aliphatic rings. The highest BCUT2D eigenvalue weighted by Crippen LogP contribution is 2.26. The molecule has 126 valence electrons. The zero-order chi connectivity index (χ0) is 18.0. The normalized spacial score (nSPS) is 10.5. The van der Waals surface area contributed by atoms with Gasteiger partial charge >= 0.3 is 5.97 Å². The van der Waals surface area contributed by atoms with Crippen molar-refractivity contribution in [3.63, 3.8) is 0 Å².